The van der Waals surface area contributed by atoms with Crippen molar-refractivity contribution in [2.24, 2.45) is 0 Å². The number of ether oxygens (including phenoxy) is 1. The van der Waals surface area contributed by atoms with Gasteiger partial charge in [-0.25, -0.2) is 0 Å². The Labute approximate surface area is 93.2 Å². The van der Waals surface area contributed by atoms with Gasteiger partial charge in [-0.3, -0.25) is 10.1 Å². The van der Waals surface area contributed by atoms with E-state index in [-0.39, 0.29) is 17.4 Å². The van der Waals surface area contributed by atoms with Crippen molar-refractivity contribution in [2.45, 2.75) is 11.4 Å². The van der Waals surface area contributed by atoms with Crippen LogP contribution >= 0.6 is 11.8 Å². The summed E-state index contributed by atoms with van der Waals surface area (Å²) in [4.78, 5) is 11.3. The predicted octanol–water partition coefficient (Wildman–Crippen LogP) is 1.56. The van der Waals surface area contributed by atoms with E-state index in [1.165, 1.54) is 12.7 Å². The van der Waals surface area contributed by atoms with Gasteiger partial charge in [0, 0.05) is 5.75 Å². The normalized spacial score (nSPS) is 25.1. The summed E-state index contributed by atoms with van der Waals surface area (Å²) in [6.45, 7) is 0. The van der Waals surface area contributed by atoms with Crippen LogP contribution in [0.4, 0.5) is 0 Å². The molecule has 0 bridgehead atoms. The van der Waals surface area contributed by atoms with Crippen LogP contribution in [0, 0.1) is 0 Å². The monoisotopic (exact) mass is 223 g/mol. The number of carbonyl (C=O) groups excluding carboxylic acids is 1. The molecule has 80 valence electrons. The van der Waals surface area contributed by atoms with Gasteiger partial charge < -0.3 is 4.74 Å². The fourth-order valence-electron chi connectivity index (χ4n) is 1.57. The summed E-state index contributed by atoms with van der Waals surface area (Å²) in [7, 11) is 1.42. The highest BCUT2D eigenvalue weighted by atomic mass is 32.2. The van der Waals surface area contributed by atoms with Gasteiger partial charge in [-0.05, 0) is 5.56 Å². The van der Waals surface area contributed by atoms with Crippen molar-refractivity contribution in [1.82, 2.24) is 5.32 Å². The standard InChI is InChI=1S/C11H13NO2S/c1-14-11(13)9-7-15-10(12-9)8-5-3-2-4-6-8/h2-6,9-10,12H,7H2,1H3/t9-,10+/m1/s1. The van der Waals surface area contributed by atoms with Crippen molar-refractivity contribution in [3.8, 4) is 0 Å². The quantitative estimate of drug-likeness (QED) is 0.772. The molecule has 0 radical (unpaired) electrons. The summed E-state index contributed by atoms with van der Waals surface area (Å²) in [5.74, 6) is 0.590. The lowest BCUT2D eigenvalue weighted by Crippen LogP contribution is -2.34. The van der Waals surface area contributed by atoms with E-state index in [2.05, 4.69) is 17.4 Å². The third-order valence-corrected chi connectivity index (χ3v) is 3.64. The first-order chi connectivity index (χ1) is 7.31. The maximum atomic E-state index is 11.3. The Balaban J connectivity index is 2.02. The van der Waals surface area contributed by atoms with Crippen LogP contribution in [0.1, 0.15) is 10.9 Å². The molecule has 0 saturated carbocycles. The highest BCUT2D eigenvalue weighted by Crippen LogP contribution is 2.32. The number of esters is 1. The first kappa shape index (κ1) is 10.5. The molecule has 1 fully saturated rings. The average molecular weight is 223 g/mol. The fourth-order valence-corrected chi connectivity index (χ4v) is 2.80. The second-order valence-electron chi connectivity index (χ2n) is 3.37. The van der Waals surface area contributed by atoms with E-state index in [1.807, 2.05) is 18.2 Å². The van der Waals surface area contributed by atoms with E-state index < -0.39 is 0 Å². The maximum absolute atomic E-state index is 11.3. The highest BCUT2D eigenvalue weighted by molar-refractivity contribution is 7.99. The number of rotatable bonds is 2. The maximum Gasteiger partial charge on any atom is 0.323 e. The molecule has 3 nitrogen and oxygen atoms in total. The molecule has 0 amide bonds. The first-order valence-corrected chi connectivity index (χ1v) is 5.86. The molecule has 15 heavy (non-hydrogen) atoms. The minimum Gasteiger partial charge on any atom is -0.468 e. The lowest BCUT2D eigenvalue weighted by atomic mass is 10.2. The Bertz CT molecular complexity index is 342. The number of nitrogens with one attached hydrogen (secondary N) is 1. The minimum absolute atomic E-state index is 0.176. The van der Waals surface area contributed by atoms with Crippen molar-refractivity contribution in [3.63, 3.8) is 0 Å². The smallest absolute Gasteiger partial charge is 0.323 e. The van der Waals surface area contributed by atoms with Gasteiger partial charge in [-0.2, -0.15) is 0 Å². The molecule has 1 aromatic rings. The van der Waals surface area contributed by atoms with E-state index in [4.69, 9.17) is 4.74 Å². The van der Waals surface area contributed by atoms with E-state index in [0.29, 0.717) is 0 Å². The Morgan fingerprint density at radius 1 is 1.47 bits per heavy atom. The third-order valence-electron chi connectivity index (χ3n) is 2.37. The van der Waals surface area contributed by atoms with Crippen LogP contribution in [0.15, 0.2) is 30.3 Å². The van der Waals surface area contributed by atoms with Gasteiger partial charge in [-0.15, -0.1) is 11.8 Å². The number of benzene rings is 1. The molecular weight excluding hydrogens is 210 g/mol. The summed E-state index contributed by atoms with van der Waals surface area (Å²) >= 11 is 1.74. The molecule has 2 rings (SSSR count). The van der Waals surface area contributed by atoms with Gasteiger partial charge in [0.05, 0.1) is 12.5 Å². The topological polar surface area (TPSA) is 38.3 Å². The third kappa shape index (κ3) is 2.33. The first-order valence-electron chi connectivity index (χ1n) is 4.81. The summed E-state index contributed by atoms with van der Waals surface area (Å²) in [5.41, 5.74) is 1.20. The van der Waals surface area contributed by atoms with Crippen LogP contribution in [0.3, 0.4) is 0 Å². The fraction of sp³-hybridized carbons (Fsp3) is 0.364. The SMILES string of the molecule is COC(=O)[C@H]1CS[C@@H](c2ccccc2)N1. The van der Waals surface area contributed by atoms with Crippen LogP contribution in [-0.2, 0) is 9.53 Å². The van der Waals surface area contributed by atoms with Gasteiger partial charge in [0.2, 0.25) is 0 Å². The Morgan fingerprint density at radius 2 is 2.20 bits per heavy atom. The molecule has 4 heteroatoms. The van der Waals surface area contributed by atoms with Gasteiger partial charge >= 0.3 is 5.97 Å². The molecule has 2 atom stereocenters. The summed E-state index contributed by atoms with van der Waals surface area (Å²) in [5, 5.41) is 3.45. The minimum atomic E-state index is -0.180. The molecule has 1 aliphatic rings. The zero-order valence-corrected chi connectivity index (χ0v) is 9.29. The molecule has 0 unspecified atom stereocenters. The van der Waals surface area contributed by atoms with Gasteiger partial charge in [0.25, 0.3) is 0 Å². The van der Waals surface area contributed by atoms with Gasteiger partial charge in [0.15, 0.2) is 0 Å². The largest absolute Gasteiger partial charge is 0.468 e. The van der Waals surface area contributed by atoms with Crippen molar-refractivity contribution in [2.75, 3.05) is 12.9 Å². The van der Waals surface area contributed by atoms with Crippen LogP contribution in [0.25, 0.3) is 0 Å². The van der Waals surface area contributed by atoms with E-state index in [1.54, 1.807) is 11.8 Å². The van der Waals surface area contributed by atoms with Crippen LogP contribution < -0.4 is 5.32 Å². The molecule has 0 aliphatic carbocycles. The molecular formula is C11H13NO2S. The van der Waals surface area contributed by atoms with Crippen molar-refractivity contribution in [1.29, 1.82) is 0 Å². The molecule has 0 aromatic heterocycles. The predicted molar refractivity (Wildman–Crippen MR) is 60.6 cm³/mol. The molecule has 0 spiro atoms. The van der Waals surface area contributed by atoms with Gasteiger partial charge in [0.1, 0.15) is 6.04 Å². The molecule has 1 saturated heterocycles. The summed E-state index contributed by atoms with van der Waals surface area (Å²) < 4.78 is 4.70. The zero-order valence-electron chi connectivity index (χ0n) is 8.47. The summed E-state index contributed by atoms with van der Waals surface area (Å²) in [6.07, 6.45) is 0. The number of hydrogen-bond donors (Lipinski definition) is 1. The van der Waals surface area contributed by atoms with Crippen LogP contribution in [0.2, 0.25) is 0 Å². The zero-order chi connectivity index (χ0) is 10.7. The number of methoxy groups -OCH3 is 1. The second kappa shape index (κ2) is 4.68. The van der Waals surface area contributed by atoms with Crippen molar-refractivity contribution in [3.05, 3.63) is 35.9 Å². The average Bonchev–Trinajstić information content (AvgIpc) is 2.78. The van der Waals surface area contributed by atoms with Crippen LogP contribution in [-0.4, -0.2) is 24.9 Å². The second-order valence-corrected chi connectivity index (χ2v) is 4.50. The molecule has 1 N–H and O–H groups in total. The molecule has 1 aliphatic heterocycles. The Hall–Kier alpha value is -1.00. The Morgan fingerprint density at radius 3 is 2.87 bits per heavy atom. The van der Waals surface area contributed by atoms with E-state index in [9.17, 15) is 4.79 Å². The molecule has 1 aromatic carbocycles. The summed E-state index contributed by atoms with van der Waals surface area (Å²) in [6, 6.07) is 9.94. The van der Waals surface area contributed by atoms with Crippen molar-refractivity contribution < 1.29 is 9.53 Å². The number of thioether (sulfide) groups is 1. The Kier molecular flexibility index (Phi) is 3.28. The molecule has 1 heterocycles. The van der Waals surface area contributed by atoms with Gasteiger partial charge in [-0.1, -0.05) is 30.3 Å². The highest BCUT2D eigenvalue weighted by Gasteiger charge is 2.30. The lowest BCUT2D eigenvalue weighted by Gasteiger charge is -2.11. The van der Waals surface area contributed by atoms with E-state index >= 15 is 0 Å². The van der Waals surface area contributed by atoms with E-state index in [0.717, 1.165) is 5.75 Å². The number of hydrogen-bond acceptors (Lipinski definition) is 4. The lowest BCUT2D eigenvalue weighted by molar-refractivity contribution is -0.142. The number of carbonyl (C=O) groups is 1. The van der Waals surface area contributed by atoms with Crippen LogP contribution in [0.5, 0.6) is 0 Å². The van der Waals surface area contributed by atoms with Crippen molar-refractivity contribution >= 4 is 17.7 Å².